The summed E-state index contributed by atoms with van der Waals surface area (Å²) in [6.07, 6.45) is -2.54. The van der Waals surface area contributed by atoms with Crippen molar-refractivity contribution in [3.05, 3.63) is 34.3 Å². The number of nitrogens with zero attached hydrogens (tertiary/aromatic N) is 1. The van der Waals surface area contributed by atoms with Gasteiger partial charge in [0.05, 0.1) is 13.1 Å². The van der Waals surface area contributed by atoms with Crippen molar-refractivity contribution in [2.24, 2.45) is 5.41 Å². The molecule has 148 valence electrons. The van der Waals surface area contributed by atoms with Crippen LogP contribution in [-0.4, -0.2) is 52.3 Å². The lowest BCUT2D eigenvalue weighted by Crippen LogP contribution is -2.64. The van der Waals surface area contributed by atoms with E-state index >= 15 is 0 Å². The number of alkyl halides is 2. The highest BCUT2D eigenvalue weighted by Crippen LogP contribution is 2.49. The number of likely N-dealkylation sites (tertiary alicyclic amines) is 1. The summed E-state index contributed by atoms with van der Waals surface area (Å²) >= 11 is 3.25. The zero-order valence-corrected chi connectivity index (χ0v) is 16.8. The molecule has 27 heavy (non-hydrogen) atoms. The van der Waals surface area contributed by atoms with Gasteiger partial charge in [-0.3, -0.25) is 14.5 Å². The Hall–Kier alpha value is -2.03. The van der Waals surface area contributed by atoms with Crippen LogP contribution in [0, 0.1) is 5.41 Å². The Morgan fingerprint density at radius 2 is 1.78 bits per heavy atom. The van der Waals surface area contributed by atoms with Gasteiger partial charge in [0, 0.05) is 16.5 Å². The Labute approximate surface area is 164 Å². The summed E-state index contributed by atoms with van der Waals surface area (Å²) in [7, 11) is 0. The third-order valence-electron chi connectivity index (χ3n) is 4.79. The van der Waals surface area contributed by atoms with Gasteiger partial charge in [-0.15, -0.1) is 0 Å². The zero-order chi connectivity index (χ0) is 20.6. The number of carboxylic acid groups (broad SMARTS) is 1. The summed E-state index contributed by atoms with van der Waals surface area (Å²) < 4.78 is 28.9. The summed E-state index contributed by atoms with van der Waals surface area (Å²) in [6, 6.07) is 6.45. The second-order valence-electron chi connectivity index (χ2n) is 7.62. The van der Waals surface area contributed by atoms with Gasteiger partial charge in [0.15, 0.2) is 5.78 Å². The van der Waals surface area contributed by atoms with Crippen LogP contribution in [0.1, 0.15) is 37.6 Å². The molecule has 1 aromatic carbocycles. The maximum atomic E-state index is 14.1. The highest BCUT2D eigenvalue weighted by molar-refractivity contribution is 9.10. The Morgan fingerprint density at radius 3 is 2.26 bits per heavy atom. The number of halogens is 3. The summed E-state index contributed by atoms with van der Waals surface area (Å²) in [5.41, 5.74) is -2.76. The maximum absolute atomic E-state index is 14.1. The average Bonchev–Trinajstić information content (AvgIpc) is 2.86. The topological polar surface area (TPSA) is 86.7 Å². The number of hydrogen-bond donors (Lipinski definition) is 2. The minimum absolute atomic E-state index is 0.343. The maximum Gasteiger partial charge on any atom is 0.408 e. The van der Waals surface area contributed by atoms with E-state index in [1.807, 2.05) is 0 Å². The van der Waals surface area contributed by atoms with Gasteiger partial charge >= 0.3 is 6.09 Å². The molecule has 1 aliphatic heterocycles. The van der Waals surface area contributed by atoms with Crippen LogP contribution < -0.4 is 5.32 Å². The predicted octanol–water partition coefficient (Wildman–Crippen LogP) is 3.55. The van der Waals surface area contributed by atoms with Gasteiger partial charge < -0.3 is 10.4 Å². The molecule has 1 fully saturated rings. The predicted molar refractivity (Wildman–Crippen MR) is 98.0 cm³/mol. The van der Waals surface area contributed by atoms with Gasteiger partial charge in [0.2, 0.25) is 5.91 Å². The molecule has 6 nitrogen and oxygen atoms in total. The number of benzene rings is 1. The Kier molecular flexibility index (Phi) is 5.66. The number of amides is 2. The molecule has 1 aliphatic rings. The number of Topliss-reactive ketones (excluding diaryl/α,β-unsaturated/α-hetero) is 1. The van der Waals surface area contributed by atoms with E-state index in [1.165, 1.54) is 20.8 Å². The summed E-state index contributed by atoms with van der Waals surface area (Å²) in [5, 5.41) is 11.8. The smallest absolute Gasteiger partial charge is 0.408 e. The van der Waals surface area contributed by atoms with E-state index in [4.69, 9.17) is 0 Å². The SMILES string of the molecule is CC(C)(C)[C@]1(C(=O)NCC(=O)c2ccc(Br)cc2)CC(F)(F)CN1C(=O)O. The summed E-state index contributed by atoms with van der Waals surface area (Å²) in [4.78, 5) is 37.2. The number of hydrogen-bond acceptors (Lipinski definition) is 3. The largest absolute Gasteiger partial charge is 0.465 e. The molecule has 1 saturated heterocycles. The van der Waals surface area contributed by atoms with Crippen LogP contribution >= 0.6 is 15.9 Å². The number of nitrogens with one attached hydrogen (secondary N) is 1. The first kappa shape index (κ1) is 21.3. The minimum atomic E-state index is -3.33. The standard InChI is InChI=1S/C18H21BrF2N2O4/c1-16(2,3)18(9-17(20,21)10-23(18)15(26)27)14(25)22-8-13(24)11-4-6-12(19)7-5-11/h4-7H,8-10H2,1-3H3,(H,22,25)(H,26,27)/t18-/m1/s1. The summed E-state index contributed by atoms with van der Waals surface area (Å²) in [6.45, 7) is 3.10. The van der Waals surface area contributed by atoms with E-state index in [9.17, 15) is 28.3 Å². The number of rotatable bonds is 4. The van der Waals surface area contributed by atoms with E-state index in [0.29, 0.717) is 10.5 Å². The van der Waals surface area contributed by atoms with Gasteiger partial charge in [-0.05, 0) is 17.5 Å². The fourth-order valence-corrected chi connectivity index (χ4v) is 3.65. The average molecular weight is 447 g/mol. The fraction of sp³-hybridized carbons (Fsp3) is 0.500. The second kappa shape index (κ2) is 7.18. The molecule has 2 amide bonds. The highest BCUT2D eigenvalue weighted by Gasteiger charge is 2.65. The molecule has 0 saturated carbocycles. The lowest BCUT2D eigenvalue weighted by Gasteiger charge is -2.44. The number of carbonyl (C=O) groups excluding carboxylic acids is 2. The van der Waals surface area contributed by atoms with Crippen molar-refractivity contribution < 1.29 is 28.3 Å². The first-order valence-corrected chi connectivity index (χ1v) is 9.05. The van der Waals surface area contributed by atoms with E-state index in [1.54, 1.807) is 24.3 Å². The number of ketones is 1. The van der Waals surface area contributed by atoms with Crippen LogP contribution in [0.15, 0.2) is 28.7 Å². The Bertz CT molecular complexity index is 762. The van der Waals surface area contributed by atoms with Gasteiger partial charge in [-0.25, -0.2) is 13.6 Å². The third kappa shape index (κ3) is 4.12. The second-order valence-corrected chi connectivity index (χ2v) is 8.54. The first-order chi connectivity index (χ1) is 12.3. The van der Waals surface area contributed by atoms with Gasteiger partial charge in [0.1, 0.15) is 5.54 Å². The van der Waals surface area contributed by atoms with Gasteiger partial charge in [-0.1, -0.05) is 48.8 Å². The lowest BCUT2D eigenvalue weighted by molar-refractivity contribution is -0.138. The summed E-state index contributed by atoms with van der Waals surface area (Å²) in [5.74, 6) is -4.65. The van der Waals surface area contributed by atoms with Gasteiger partial charge in [0.25, 0.3) is 5.92 Å². The van der Waals surface area contributed by atoms with Crippen molar-refractivity contribution in [2.45, 2.75) is 38.7 Å². The normalized spacial score (nSPS) is 21.8. The van der Waals surface area contributed by atoms with Crippen molar-refractivity contribution >= 4 is 33.7 Å². The van der Waals surface area contributed by atoms with Gasteiger partial charge in [-0.2, -0.15) is 0 Å². The van der Waals surface area contributed by atoms with Crippen LogP contribution in [0.25, 0.3) is 0 Å². The Morgan fingerprint density at radius 1 is 1.22 bits per heavy atom. The molecule has 0 radical (unpaired) electrons. The molecular formula is C18H21BrF2N2O4. The molecule has 0 aliphatic carbocycles. The molecule has 0 bridgehead atoms. The molecule has 1 atom stereocenters. The van der Waals surface area contributed by atoms with Crippen molar-refractivity contribution in [2.75, 3.05) is 13.1 Å². The van der Waals surface area contributed by atoms with Crippen LogP contribution in [-0.2, 0) is 4.79 Å². The van der Waals surface area contributed by atoms with Crippen LogP contribution in [0.2, 0.25) is 0 Å². The molecule has 0 unspecified atom stereocenters. The van der Waals surface area contributed by atoms with E-state index in [-0.39, 0.29) is 0 Å². The van der Waals surface area contributed by atoms with Crippen LogP contribution in [0.3, 0.4) is 0 Å². The fourth-order valence-electron chi connectivity index (χ4n) is 3.38. The van der Waals surface area contributed by atoms with Crippen molar-refractivity contribution in [1.29, 1.82) is 0 Å². The van der Waals surface area contributed by atoms with Crippen molar-refractivity contribution in [1.82, 2.24) is 10.2 Å². The quantitative estimate of drug-likeness (QED) is 0.692. The Balaban J connectivity index is 2.27. The molecule has 0 aromatic heterocycles. The van der Waals surface area contributed by atoms with Crippen LogP contribution in [0.4, 0.5) is 13.6 Å². The molecular weight excluding hydrogens is 426 g/mol. The van der Waals surface area contributed by atoms with E-state index < -0.39 is 54.2 Å². The molecule has 0 spiro atoms. The monoisotopic (exact) mass is 446 g/mol. The molecule has 1 aromatic rings. The molecule has 9 heteroatoms. The van der Waals surface area contributed by atoms with E-state index in [2.05, 4.69) is 21.2 Å². The van der Waals surface area contributed by atoms with Crippen molar-refractivity contribution in [3.63, 3.8) is 0 Å². The van der Waals surface area contributed by atoms with E-state index in [0.717, 1.165) is 4.47 Å². The molecule has 2 rings (SSSR count). The first-order valence-electron chi connectivity index (χ1n) is 8.26. The minimum Gasteiger partial charge on any atom is -0.465 e. The van der Waals surface area contributed by atoms with Crippen molar-refractivity contribution in [3.8, 4) is 0 Å². The lowest BCUT2D eigenvalue weighted by atomic mass is 9.70. The molecule has 2 N–H and O–H groups in total. The zero-order valence-electron chi connectivity index (χ0n) is 15.2. The highest BCUT2D eigenvalue weighted by atomic mass is 79.9. The third-order valence-corrected chi connectivity index (χ3v) is 5.32. The molecule has 1 heterocycles. The van der Waals surface area contributed by atoms with Crippen LogP contribution in [0.5, 0.6) is 0 Å². The number of carbonyl (C=O) groups is 3.